The Hall–Kier alpha value is -2.51. The highest BCUT2D eigenvalue weighted by Gasteiger charge is 2.12. The predicted octanol–water partition coefficient (Wildman–Crippen LogP) is 4.10. The highest BCUT2D eigenvalue weighted by atomic mass is 32.1. The van der Waals surface area contributed by atoms with Crippen LogP contribution in [0.15, 0.2) is 48.1 Å². The lowest BCUT2D eigenvalue weighted by atomic mass is 10.3. The molecule has 23 heavy (non-hydrogen) atoms. The van der Waals surface area contributed by atoms with Gasteiger partial charge in [0.2, 0.25) is 0 Å². The molecule has 1 N–H and O–H groups in total. The molecular weight excluding hydrogens is 328 g/mol. The second-order valence-corrected chi connectivity index (χ2v) is 7.05. The fourth-order valence-corrected chi connectivity index (χ4v) is 3.84. The Morgan fingerprint density at radius 1 is 1.22 bits per heavy atom. The van der Waals surface area contributed by atoms with E-state index in [0.717, 1.165) is 26.0 Å². The molecule has 1 amide bonds. The van der Waals surface area contributed by atoms with Crippen LogP contribution in [0.5, 0.6) is 0 Å². The number of thiazole rings is 2. The quantitative estimate of drug-likeness (QED) is 0.611. The van der Waals surface area contributed by atoms with Crippen molar-refractivity contribution in [2.75, 3.05) is 5.32 Å². The van der Waals surface area contributed by atoms with Gasteiger partial charge in [-0.05, 0) is 37.3 Å². The number of fused-ring (bicyclic) bond motifs is 1. The Labute approximate surface area is 140 Å². The third-order valence-electron chi connectivity index (χ3n) is 3.30. The molecule has 0 aliphatic heterocycles. The van der Waals surface area contributed by atoms with Crippen molar-refractivity contribution in [3.8, 4) is 5.13 Å². The number of hydrogen-bond donors (Lipinski definition) is 1. The molecule has 7 heteroatoms. The van der Waals surface area contributed by atoms with Gasteiger partial charge in [0.05, 0.1) is 15.2 Å². The van der Waals surface area contributed by atoms with E-state index in [1.165, 1.54) is 11.3 Å². The van der Waals surface area contributed by atoms with Crippen molar-refractivity contribution in [1.29, 1.82) is 0 Å². The minimum Gasteiger partial charge on any atom is -0.321 e. The molecule has 5 nitrogen and oxygen atoms in total. The van der Waals surface area contributed by atoms with E-state index in [-0.39, 0.29) is 5.91 Å². The average Bonchev–Trinajstić information content (AvgIpc) is 3.26. The number of benzene rings is 1. The van der Waals surface area contributed by atoms with E-state index in [1.54, 1.807) is 16.7 Å². The lowest BCUT2D eigenvalue weighted by Gasteiger charge is -2.02. The van der Waals surface area contributed by atoms with Crippen LogP contribution in [0.25, 0.3) is 15.3 Å². The predicted molar refractivity (Wildman–Crippen MR) is 93.8 cm³/mol. The van der Waals surface area contributed by atoms with E-state index in [4.69, 9.17) is 0 Å². The Morgan fingerprint density at radius 3 is 2.87 bits per heavy atom. The van der Waals surface area contributed by atoms with E-state index in [0.29, 0.717) is 5.69 Å². The fraction of sp³-hybridized carbons (Fsp3) is 0.0625. The van der Waals surface area contributed by atoms with Gasteiger partial charge in [0, 0.05) is 23.5 Å². The summed E-state index contributed by atoms with van der Waals surface area (Å²) >= 11 is 3.07. The summed E-state index contributed by atoms with van der Waals surface area (Å²) in [6, 6.07) is 9.59. The number of carbonyl (C=O) groups is 1. The number of carbonyl (C=O) groups excluding carboxylic acids is 1. The zero-order chi connectivity index (χ0) is 15.8. The van der Waals surface area contributed by atoms with Gasteiger partial charge in [-0.25, -0.2) is 9.97 Å². The molecule has 114 valence electrons. The van der Waals surface area contributed by atoms with Crippen LogP contribution < -0.4 is 5.32 Å². The number of rotatable bonds is 3. The lowest BCUT2D eigenvalue weighted by Crippen LogP contribution is -2.12. The van der Waals surface area contributed by atoms with E-state index in [2.05, 4.69) is 15.3 Å². The number of aryl methyl sites for hydroxylation is 1. The van der Waals surface area contributed by atoms with Crippen LogP contribution in [0.4, 0.5) is 5.69 Å². The van der Waals surface area contributed by atoms with Crippen LogP contribution in [0.3, 0.4) is 0 Å². The van der Waals surface area contributed by atoms with Crippen molar-refractivity contribution in [2.45, 2.75) is 6.92 Å². The number of nitrogens with zero attached hydrogens (tertiary/aromatic N) is 3. The highest BCUT2D eigenvalue weighted by molar-refractivity contribution is 7.18. The zero-order valence-electron chi connectivity index (χ0n) is 12.2. The van der Waals surface area contributed by atoms with Crippen LogP contribution in [-0.2, 0) is 0 Å². The average molecular weight is 340 g/mol. The Balaban J connectivity index is 1.56. The van der Waals surface area contributed by atoms with Crippen molar-refractivity contribution in [3.63, 3.8) is 0 Å². The normalized spacial score (nSPS) is 11.0. The third-order valence-corrected chi connectivity index (χ3v) is 5.11. The van der Waals surface area contributed by atoms with Gasteiger partial charge in [-0.1, -0.05) is 0 Å². The molecule has 0 fully saturated rings. The first-order chi connectivity index (χ1) is 11.2. The maximum atomic E-state index is 12.3. The first-order valence-corrected chi connectivity index (χ1v) is 8.66. The zero-order valence-corrected chi connectivity index (χ0v) is 13.8. The van der Waals surface area contributed by atoms with Crippen LogP contribution in [0, 0.1) is 6.92 Å². The molecule has 1 aromatic carbocycles. The molecule has 0 aliphatic carbocycles. The number of amides is 1. The third kappa shape index (κ3) is 2.76. The highest BCUT2D eigenvalue weighted by Crippen LogP contribution is 2.25. The molecule has 0 atom stereocenters. The molecule has 0 aliphatic rings. The van der Waals surface area contributed by atoms with Gasteiger partial charge in [0.25, 0.3) is 5.91 Å². The Kier molecular flexibility index (Phi) is 3.44. The summed E-state index contributed by atoms with van der Waals surface area (Å²) in [6.45, 7) is 1.97. The second kappa shape index (κ2) is 5.60. The number of hydrogen-bond acceptors (Lipinski definition) is 5. The first kappa shape index (κ1) is 14.1. The standard InChI is InChI=1S/C16H12N4OS2/c1-10-17-12-8-11(4-5-14(12)23-10)18-15(21)13-9-22-16(19-13)20-6-2-3-7-20/h2-9H,1H3,(H,18,21). The molecule has 0 saturated heterocycles. The van der Waals surface area contributed by atoms with E-state index in [1.807, 2.05) is 54.2 Å². The minimum atomic E-state index is -0.217. The summed E-state index contributed by atoms with van der Waals surface area (Å²) in [7, 11) is 0. The van der Waals surface area contributed by atoms with Gasteiger partial charge in [-0.2, -0.15) is 0 Å². The molecule has 0 radical (unpaired) electrons. The van der Waals surface area contributed by atoms with Gasteiger partial charge < -0.3 is 9.88 Å². The van der Waals surface area contributed by atoms with Gasteiger partial charge in [0.15, 0.2) is 5.13 Å². The maximum absolute atomic E-state index is 12.3. The molecule has 4 rings (SSSR count). The molecular formula is C16H12N4OS2. The number of aromatic nitrogens is 3. The van der Waals surface area contributed by atoms with Crippen LogP contribution in [0.1, 0.15) is 15.5 Å². The number of nitrogens with one attached hydrogen (secondary N) is 1. The summed E-state index contributed by atoms with van der Waals surface area (Å²) in [5.74, 6) is -0.217. The molecule has 3 aromatic heterocycles. The summed E-state index contributed by atoms with van der Waals surface area (Å²) in [6.07, 6.45) is 3.80. The second-order valence-electron chi connectivity index (χ2n) is 4.98. The molecule has 0 saturated carbocycles. The first-order valence-electron chi connectivity index (χ1n) is 6.96. The monoisotopic (exact) mass is 340 g/mol. The molecule has 0 unspecified atom stereocenters. The molecule has 4 aromatic rings. The topological polar surface area (TPSA) is 59.8 Å². The fourth-order valence-electron chi connectivity index (χ4n) is 2.26. The minimum absolute atomic E-state index is 0.217. The van der Waals surface area contributed by atoms with Crippen molar-refractivity contribution < 1.29 is 4.79 Å². The smallest absolute Gasteiger partial charge is 0.275 e. The largest absolute Gasteiger partial charge is 0.321 e. The lowest BCUT2D eigenvalue weighted by molar-refractivity contribution is 0.102. The summed E-state index contributed by atoms with van der Waals surface area (Å²) in [5.41, 5.74) is 2.04. The number of anilines is 1. The van der Waals surface area contributed by atoms with Gasteiger partial charge >= 0.3 is 0 Å². The molecule has 3 heterocycles. The summed E-state index contributed by atoms with van der Waals surface area (Å²) in [5, 5.41) is 6.42. The van der Waals surface area contributed by atoms with Crippen molar-refractivity contribution in [3.05, 3.63) is 58.8 Å². The molecule has 0 spiro atoms. The van der Waals surface area contributed by atoms with Gasteiger partial charge in [-0.15, -0.1) is 22.7 Å². The van der Waals surface area contributed by atoms with E-state index in [9.17, 15) is 4.79 Å². The van der Waals surface area contributed by atoms with Gasteiger partial charge in [0.1, 0.15) is 5.69 Å². The van der Waals surface area contributed by atoms with Crippen LogP contribution in [-0.4, -0.2) is 20.4 Å². The van der Waals surface area contributed by atoms with Gasteiger partial charge in [-0.3, -0.25) is 4.79 Å². The van der Waals surface area contributed by atoms with Crippen LogP contribution >= 0.6 is 22.7 Å². The van der Waals surface area contributed by atoms with Crippen molar-refractivity contribution in [1.82, 2.24) is 14.5 Å². The Bertz CT molecular complexity index is 985. The van der Waals surface area contributed by atoms with Crippen molar-refractivity contribution in [2.24, 2.45) is 0 Å². The Morgan fingerprint density at radius 2 is 2.04 bits per heavy atom. The van der Waals surface area contributed by atoms with Crippen molar-refractivity contribution >= 4 is 44.5 Å². The van der Waals surface area contributed by atoms with E-state index < -0.39 is 0 Å². The summed E-state index contributed by atoms with van der Waals surface area (Å²) < 4.78 is 3.00. The van der Waals surface area contributed by atoms with E-state index >= 15 is 0 Å². The maximum Gasteiger partial charge on any atom is 0.275 e. The van der Waals surface area contributed by atoms with Crippen LogP contribution in [0.2, 0.25) is 0 Å². The summed E-state index contributed by atoms with van der Waals surface area (Å²) in [4.78, 5) is 21.2. The SMILES string of the molecule is Cc1nc2cc(NC(=O)c3csc(-n4cccc4)n3)ccc2s1. The molecule has 0 bridgehead atoms.